The second-order valence-corrected chi connectivity index (χ2v) is 6.89. The molecule has 1 aliphatic rings. The summed E-state index contributed by atoms with van der Waals surface area (Å²) in [5, 5.41) is 0.855. The Labute approximate surface area is 154 Å². The smallest absolute Gasteiger partial charge is 0.266 e. The van der Waals surface area contributed by atoms with Crippen LogP contribution in [0.2, 0.25) is 0 Å². The van der Waals surface area contributed by atoms with Gasteiger partial charge in [0.2, 0.25) is 0 Å². The first-order valence-corrected chi connectivity index (χ1v) is 8.30. The number of aromatic nitrogens is 1. The molecule has 1 aliphatic heterocycles. The number of nitrogens with zero attached hydrogens (tertiary/aromatic N) is 2. The number of hydrogen-bond acceptors (Lipinski definition) is 5. The quantitative estimate of drug-likeness (QED) is 0.866. The number of aryl methyl sites for hydroxylation is 1. The molecule has 1 amide bonds. The molecule has 2 rings (SSSR count). The maximum Gasteiger partial charge on any atom is 0.266 e. The second-order valence-electron chi connectivity index (χ2n) is 5.86. The number of rotatable bonds is 4. The Kier molecular flexibility index (Phi) is 9.62. The first-order chi connectivity index (χ1) is 9.97. The molecule has 2 heterocycles. The molecule has 0 radical (unpaired) electrons. The van der Waals surface area contributed by atoms with Crippen LogP contribution in [0.25, 0.3) is 0 Å². The van der Waals surface area contributed by atoms with E-state index < -0.39 is 0 Å². The molecule has 3 unspecified atom stereocenters. The Bertz CT molecular complexity index is 513. The van der Waals surface area contributed by atoms with Crippen molar-refractivity contribution in [1.29, 1.82) is 0 Å². The molecule has 1 aromatic rings. The minimum atomic E-state index is -0.0815. The van der Waals surface area contributed by atoms with Crippen LogP contribution in [0.1, 0.15) is 53.2 Å². The summed E-state index contributed by atoms with van der Waals surface area (Å²) in [5.41, 5.74) is 6.65. The minimum Gasteiger partial charge on any atom is -0.375 e. The average Bonchev–Trinajstić information content (AvgIpc) is 2.87. The lowest BCUT2D eigenvalue weighted by Crippen LogP contribution is -2.49. The summed E-state index contributed by atoms with van der Waals surface area (Å²) in [5.74, 6) is 0.705. The number of carbonyl (C=O) groups is 1. The van der Waals surface area contributed by atoms with E-state index in [4.69, 9.17) is 10.5 Å². The fourth-order valence-corrected chi connectivity index (χ4v) is 3.82. The summed E-state index contributed by atoms with van der Waals surface area (Å²) in [6.45, 7) is 7.36. The highest BCUT2D eigenvalue weighted by atomic mass is 35.5. The van der Waals surface area contributed by atoms with Crippen LogP contribution in [0.3, 0.4) is 0 Å². The van der Waals surface area contributed by atoms with Crippen molar-refractivity contribution < 1.29 is 9.53 Å². The van der Waals surface area contributed by atoms with Gasteiger partial charge in [0.1, 0.15) is 16.0 Å². The van der Waals surface area contributed by atoms with Gasteiger partial charge < -0.3 is 15.4 Å². The highest BCUT2D eigenvalue weighted by molar-refractivity contribution is 7.13. The molecule has 0 aromatic carbocycles. The Morgan fingerprint density at radius 2 is 2.17 bits per heavy atom. The van der Waals surface area contributed by atoms with Crippen molar-refractivity contribution in [2.75, 3.05) is 20.2 Å². The third-order valence-corrected chi connectivity index (χ3v) is 5.53. The third kappa shape index (κ3) is 5.03. The van der Waals surface area contributed by atoms with E-state index in [1.807, 2.05) is 18.7 Å². The van der Waals surface area contributed by atoms with E-state index in [0.717, 1.165) is 35.0 Å². The van der Waals surface area contributed by atoms with Crippen LogP contribution < -0.4 is 5.73 Å². The number of likely N-dealkylation sites (tertiary alicyclic amines) is 1. The maximum atomic E-state index is 12.8. The predicted molar refractivity (Wildman–Crippen MR) is 99.0 cm³/mol. The number of piperidine rings is 1. The number of halogens is 2. The predicted octanol–water partition coefficient (Wildman–Crippen LogP) is 3.20. The van der Waals surface area contributed by atoms with E-state index in [9.17, 15) is 4.79 Å². The molecule has 3 atom stereocenters. The molecule has 0 spiro atoms. The lowest BCUT2D eigenvalue weighted by atomic mass is 9.92. The van der Waals surface area contributed by atoms with Crippen molar-refractivity contribution in [2.24, 2.45) is 11.7 Å². The summed E-state index contributed by atoms with van der Waals surface area (Å²) in [6, 6.07) is 0.144. The summed E-state index contributed by atoms with van der Waals surface area (Å²) >= 11 is 1.44. The summed E-state index contributed by atoms with van der Waals surface area (Å²) in [4.78, 5) is 20.0. The molecule has 1 fully saturated rings. The van der Waals surface area contributed by atoms with Crippen LogP contribution in [0, 0.1) is 12.8 Å². The Balaban J connectivity index is 0.00000242. The first kappa shape index (κ1) is 22.6. The van der Waals surface area contributed by atoms with E-state index >= 15 is 0 Å². The number of carbonyl (C=O) groups excluding carboxylic acids is 1. The molecule has 1 aromatic heterocycles. The van der Waals surface area contributed by atoms with Crippen LogP contribution in [-0.4, -0.2) is 42.0 Å². The van der Waals surface area contributed by atoms with Gasteiger partial charge in [-0.25, -0.2) is 4.98 Å². The summed E-state index contributed by atoms with van der Waals surface area (Å²) < 4.78 is 5.29. The van der Waals surface area contributed by atoms with Crippen LogP contribution in [0.15, 0.2) is 0 Å². The van der Waals surface area contributed by atoms with E-state index in [2.05, 4.69) is 11.9 Å². The van der Waals surface area contributed by atoms with Crippen molar-refractivity contribution >= 4 is 42.1 Å². The van der Waals surface area contributed by atoms with E-state index in [-0.39, 0.29) is 42.9 Å². The van der Waals surface area contributed by atoms with Gasteiger partial charge in [-0.1, -0.05) is 6.92 Å². The monoisotopic (exact) mass is 383 g/mol. The molecule has 0 saturated carbocycles. The Morgan fingerprint density at radius 1 is 1.52 bits per heavy atom. The van der Waals surface area contributed by atoms with Crippen molar-refractivity contribution in [3.63, 3.8) is 0 Å². The largest absolute Gasteiger partial charge is 0.375 e. The lowest BCUT2D eigenvalue weighted by Gasteiger charge is -2.37. The Hall–Kier alpha value is -0.400. The van der Waals surface area contributed by atoms with Gasteiger partial charge in [0.25, 0.3) is 5.91 Å². The summed E-state index contributed by atoms with van der Waals surface area (Å²) in [6.07, 6.45) is 1.95. The lowest BCUT2D eigenvalue weighted by molar-refractivity contribution is 0.0577. The van der Waals surface area contributed by atoms with Crippen molar-refractivity contribution in [2.45, 2.75) is 45.8 Å². The topological polar surface area (TPSA) is 68.5 Å². The molecule has 5 nitrogen and oxygen atoms in total. The number of amides is 1. The standard InChI is InChI=1S/C15H25N3O2S.2ClH/c1-9-5-6-18(12(7-9)8-16)15(19)13-10(2)17-14(21-13)11(3)20-4;;/h9,11-12H,5-8,16H2,1-4H3;2*1H. The van der Waals surface area contributed by atoms with Gasteiger partial charge in [0.15, 0.2) is 0 Å². The molecule has 134 valence electrons. The molecular formula is C15H27Cl2N3O2S. The molecule has 2 N–H and O–H groups in total. The number of ether oxygens (including phenoxy) is 1. The highest BCUT2D eigenvalue weighted by Gasteiger charge is 2.31. The number of nitrogens with two attached hydrogens (primary N) is 1. The summed E-state index contributed by atoms with van der Waals surface area (Å²) in [7, 11) is 1.65. The molecular weight excluding hydrogens is 357 g/mol. The zero-order valence-corrected chi connectivity index (χ0v) is 16.5. The van der Waals surface area contributed by atoms with Crippen molar-refractivity contribution in [3.05, 3.63) is 15.6 Å². The van der Waals surface area contributed by atoms with Gasteiger partial charge in [0, 0.05) is 26.2 Å². The van der Waals surface area contributed by atoms with Crippen molar-refractivity contribution in [3.8, 4) is 0 Å². The van der Waals surface area contributed by atoms with Crippen molar-refractivity contribution in [1.82, 2.24) is 9.88 Å². The molecule has 8 heteroatoms. The fourth-order valence-electron chi connectivity index (χ4n) is 2.76. The average molecular weight is 384 g/mol. The molecule has 0 aliphatic carbocycles. The van der Waals surface area contributed by atoms with Gasteiger partial charge in [-0.2, -0.15) is 0 Å². The fraction of sp³-hybridized carbons (Fsp3) is 0.733. The van der Waals surface area contributed by atoms with Gasteiger partial charge in [-0.15, -0.1) is 36.2 Å². The van der Waals surface area contributed by atoms with Gasteiger partial charge in [-0.3, -0.25) is 4.79 Å². The van der Waals surface area contributed by atoms with E-state index in [0.29, 0.717) is 12.5 Å². The minimum absolute atomic E-state index is 0. The van der Waals surface area contributed by atoms with Gasteiger partial charge in [-0.05, 0) is 32.6 Å². The van der Waals surface area contributed by atoms with Crippen LogP contribution in [0.5, 0.6) is 0 Å². The molecule has 1 saturated heterocycles. The zero-order valence-electron chi connectivity index (χ0n) is 14.1. The number of thiazole rings is 1. The maximum absolute atomic E-state index is 12.8. The van der Waals surface area contributed by atoms with Gasteiger partial charge >= 0.3 is 0 Å². The Morgan fingerprint density at radius 3 is 2.74 bits per heavy atom. The second kappa shape index (κ2) is 9.79. The number of hydrogen-bond donors (Lipinski definition) is 1. The number of methoxy groups -OCH3 is 1. The normalized spacial score (nSPS) is 22.0. The van der Waals surface area contributed by atoms with Crippen LogP contribution in [-0.2, 0) is 4.74 Å². The van der Waals surface area contributed by atoms with E-state index in [1.54, 1.807) is 7.11 Å². The third-order valence-electron chi connectivity index (χ3n) is 4.22. The van der Waals surface area contributed by atoms with Gasteiger partial charge in [0.05, 0.1) is 5.69 Å². The molecule has 0 bridgehead atoms. The zero-order chi connectivity index (χ0) is 15.6. The van der Waals surface area contributed by atoms with Crippen LogP contribution in [0.4, 0.5) is 0 Å². The highest BCUT2D eigenvalue weighted by Crippen LogP contribution is 2.29. The first-order valence-electron chi connectivity index (χ1n) is 7.49. The van der Waals surface area contributed by atoms with E-state index in [1.165, 1.54) is 11.3 Å². The van der Waals surface area contributed by atoms with Crippen LogP contribution >= 0.6 is 36.2 Å². The SMILES string of the molecule is COC(C)c1nc(C)c(C(=O)N2CCC(C)CC2CN)s1.Cl.Cl. The molecule has 23 heavy (non-hydrogen) atoms.